The minimum Gasteiger partial charge on any atom is -0.481 e. The minimum absolute atomic E-state index is 0.0742. The second-order valence-electron chi connectivity index (χ2n) is 10.3. The van der Waals surface area contributed by atoms with Crippen molar-refractivity contribution in [3.05, 3.63) is 59.7 Å². The Bertz CT molecular complexity index is 1040. The Labute approximate surface area is 199 Å². The molecular formula is C27H32N2O5. The zero-order valence-electron chi connectivity index (χ0n) is 19.8. The van der Waals surface area contributed by atoms with E-state index in [2.05, 4.69) is 22.8 Å². The molecule has 0 aromatic heterocycles. The second-order valence-corrected chi connectivity index (χ2v) is 10.3. The molecule has 1 saturated carbocycles. The van der Waals surface area contributed by atoms with Crippen molar-refractivity contribution in [2.45, 2.75) is 58.0 Å². The molecule has 2 aromatic carbocycles. The van der Waals surface area contributed by atoms with Gasteiger partial charge < -0.3 is 20.5 Å². The third-order valence-corrected chi connectivity index (χ3v) is 6.65. The van der Waals surface area contributed by atoms with Gasteiger partial charge in [0.1, 0.15) is 12.6 Å². The number of carbonyl (C=O) groups excluding carboxylic acids is 2. The van der Waals surface area contributed by atoms with Gasteiger partial charge in [0.25, 0.3) is 0 Å². The molecule has 4 rings (SSSR count). The summed E-state index contributed by atoms with van der Waals surface area (Å²) in [6.45, 7) is 5.71. The molecule has 0 bridgehead atoms. The van der Waals surface area contributed by atoms with E-state index in [1.165, 1.54) is 0 Å². The average molecular weight is 465 g/mol. The smallest absolute Gasteiger partial charge is 0.407 e. The maximum absolute atomic E-state index is 13.1. The van der Waals surface area contributed by atoms with E-state index >= 15 is 0 Å². The number of amides is 2. The molecule has 1 fully saturated rings. The van der Waals surface area contributed by atoms with Crippen LogP contribution in [0.3, 0.4) is 0 Å². The van der Waals surface area contributed by atoms with E-state index in [1.807, 2.05) is 57.2 Å². The van der Waals surface area contributed by atoms with Crippen LogP contribution in [0.25, 0.3) is 11.1 Å². The van der Waals surface area contributed by atoms with Crippen molar-refractivity contribution < 1.29 is 24.2 Å². The number of fused-ring (bicyclic) bond motifs is 3. The van der Waals surface area contributed by atoms with Gasteiger partial charge >= 0.3 is 12.1 Å². The number of carboxylic acids is 1. The fraction of sp³-hybridized carbons (Fsp3) is 0.444. The first-order valence-electron chi connectivity index (χ1n) is 11.8. The number of ether oxygens (including phenoxy) is 1. The molecule has 0 spiro atoms. The SMILES string of the molecule is CC(C)(C)[C@@H](NC(=O)OCC1c2ccccc2-c2ccccc21)C(=O)NC(CC(=O)O)C1CC1. The van der Waals surface area contributed by atoms with Crippen molar-refractivity contribution in [1.82, 2.24) is 10.6 Å². The van der Waals surface area contributed by atoms with Gasteiger partial charge in [0.05, 0.1) is 6.42 Å². The lowest BCUT2D eigenvalue weighted by atomic mass is 9.86. The van der Waals surface area contributed by atoms with E-state index < -0.39 is 29.6 Å². The highest BCUT2D eigenvalue weighted by molar-refractivity contribution is 5.87. The molecule has 180 valence electrons. The Kier molecular flexibility index (Phi) is 6.64. The standard InChI is InChI=1S/C27H32N2O5/c1-27(2,3)24(25(32)28-22(14-23(30)31)16-12-13-16)29-26(33)34-15-21-19-10-6-4-8-17(19)18-9-5-7-11-20(18)21/h4-11,16,21-22,24H,12-15H2,1-3H3,(H,28,32)(H,29,33)(H,30,31)/t22?,24-/m0/s1. The molecule has 7 heteroatoms. The Balaban J connectivity index is 1.42. The minimum atomic E-state index is -0.950. The van der Waals surface area contributed by atoms with Crippen molar-refractivity contribution >= 4 is 18.0 Å². The van der Waals surface area contributed by atoms with Gasteiger partial charge in [-0.1, -0.05) is 69.3 Å². The molecule has 2 amide bonds. The summed E-state index contributed by atoms with van der Waals surface area (Å²) in [5.74, 6) is -1.24. The van der Waals surface area contributed by atoms with Crippen LogP contribution in [0, 0.1) is 11.3 Å². The quantitative estimate of drug-likeness (QED) is 0.540. The molecule has 0 heterocycles. The van der Waals surface area contributed by atoms with Gasteiger partial charge in [-0.25, -0.2) is 4.79 Å². The highest BCUT2D eigenvalue weighted by Crippen LogP contribution is 2.44. The van der Waals surface area contributed by atoms with Crippen LogP contribution in [0.1, 0.15) is 57.1 Å². The number of hydrogen-bond acceptors (Lipinski definition) is 4. The normalized spacial score (nSPS) is 16.7. The van der Waals surface area contributed by atoms with Crippen molar-refractivity contribution in [3.63, 3.8) is 0 Å². The summed E-state index contributed by atoms with van der Waals surface area (Å²) in [4.78, 5) is 37.1. The monoisotopic (exact) mass is 464 g/mol. The third-order valence-electron chi connectivity index (χ3n) is 6.65. The van der Waals surface area contributed by atoms with E-state index in [9.17, 15) is 19.5 Å². The molecule has 0 radical (unpaired) electrons. The highest BCUT2D eigenvalue weighted by Gasteiger charge is 2.39. The number of aliphatic carboxylic acids is 1. The summed E-state index contributed by atoms with van der Waals surface area (Å²) in [7, 11) is 0. The summed E-state index contributed by atoms with van der Waals surface area (Å²) in [6.07, 6.45) is 1.01. The number of hydrogen-bond donors (Lipinski definition) is 3. The van der Waals surface area contributed by atoms with Crippen molar-refractivity contribution in [2.24, 2.45) is 11.3 Å². The lowest BCUT2D eigenvalue weighted by Crippen LogP contribution is -2.56. The van der Waals surface area contributed by atoms with Crippen molar-refractivity contribution in [3.8, 4) is 11.1 Å². The highest BCUT2D eigenvalue weighted by atomic mass is 16.5. The average Bonchev–Trinajstić information content (AvgIpc) is 3.57. The molecule has 0 saturated heterocycles. The molecule has 34 heavy (non-hydrogen) atoms. The molecule has 2 aliphatic rings. The van der Waals surface area contributed by atoms with Crippen LogP contribution in [-0.2, 0) is 14.3 Å². The number of benzene rings is 2. The van der Waals surface area contributed by atoms with Gasteiger partial charge in [0.2, 0.25) is 5.91 Å². The van der Waals surface area contributed by atoms with Gasteiger partial charge in [0.15, 0.2) is 0 Å². The molecule has 7 nitrogen and oxygen atoms in total. The van der Waals surface area contributed by atoms with Gasteiger partial charge in [-0.05, 0) is 46.4 Å². The lowest BCUT2D eigenvalue weighted by Gasteiger charge is -2.31. The second kappa shape index (κ2) is 9.49. The van der Waals surface area contributed by atoms with Crippen molar-refractivity contribution in [2.75, 3.05) is 6.61 Å². The number of rotatable bonds is 8. The first-order valence-corrected chi connectivity index (χ1v) is 11.8. The fourth-order valence-corrected chi connectivity index (χ4v) is 4.72. The first kappa shape index (κ1) is 23.8. The van der Waals surface area contributed by atoms with Crippen LogP contribution in [-0.4, -0.2) is 41.8 Å². The fourth-order valence-electron chi connectivity index (χ4n) is 4.72. The Hall–Kier alpha value is -3.35. The van der Waals surface area contributed by atoms with Crippen LogP contribution in [0.4, 0.5) is 4.79 Å². The van der Waals surface area contributed by atoms with Crippen LogP contribution in [0.5, 0.6) is 0 Å². The van der Waals surface area contributed by atoms with Gasteiger partial charge in [-0.15, -0.1) is 0 Å². The summed E-state index contributed by atoms with van der Waals surface area (Å²) in [6, 6.07) is 14.9. The summed E-state index contributed by atoms with van der Waals surface area (Å²) in [5.41, 5.74) is 3.92. The van der Waals surface area contributed by atoms with Crippen molar-refractivity contribution in [1.29, 1.82) is 0 Å². The third kappa shape index (κ3) is 5.24. The van der Waals surface area contributed by atoms with Gasteiger partial charge in [0, 0.05) is 12.0 Å². The van der Waals surface area contributed by atoms with E-state index in [4.69, 9.17) is 4.74 Å². The van der Waals surface area contributed by atoms with E-state index in [-0.39, 0.29) is 30.8 Å². The molecule has 2 aliphatic carbocycles. The molecule has 2 atom stereocenters. The van der Waals surface area contributed by atoms with Crippen LogP contribution >= 0.6 is 0 Å². The summed E-state index contributed by atoms with van der Waals surface area (Å²) in [5, 5.41) is 14.8. The van der Waals surface area contributed by atoms with E-state index in [0.29, 0.717) is 0 Å². The first-order chi connectivity index (χ1) is 16.1. The molecular weight excluding hydrogens is 432 g/mol. The van der Waals surface area contributed by atoms with Crippen LogP contribution in [0.15, 0.2) is 48.5 Å². The predicted molar refractivity (Wildman–Crippen MR) is 128 cm³/mol. The predicted octanol–water partition coefficient (Wildman–Crippen LogP) is 4.31. The maximum atomic E-state index is 13.1. The zero-order chi connectivity index (χ0) is 24.5. The number of alkyl carbamates (subject to hydrolysis) is 1. The maximum Gasteiger partial charge on any atom is 0.407 e. The topological polar surface area (TPSA) is 105 Å². The summed E-state index contributed by atoms with van der Waals surface area (Å²) >= 11 is 0. The van der Waals surface area contributed by atoms with Crippen LogP contribution in [0.2, 0.25) is 0 Å². The molecule has 0 aliphatic heterocycles. The Morgan fingerprint density at radius 1 is 0.971 bits per heavy atom. The molecule has 2 aromatic rings. The van der Waals surface area contributed by atoms with E-state index in [1.54, 1.807) is 0 Å². The number of nitrogens with one attached hydrogen (secondary N) is 2. The summed E-state index contributed by atoms with van der Waals surface area (Å²) < 4.78 is 5.62. The largest absolute Gasteiger partial charge is 0.481 e. The molecule has 1 unspecified atom stereocenters. The Morgan fingerprint density at radius 3 is 2.03 bits per heavy atom. The van der Waals surface area contributed by atoms with Gasteiger partial charge in [-0.3, -0.25) is 9.59 Å². The van der Waals surface area contributed by atoms with Gasteiger partial charge in [-0.2, -0.15) is 0 Å². The number of carboxylic acid groups (broad SMARTS) is 1. The Morgan fingerprint density at radius 2 is 1.53 bits per heavy atom. The zero-order valence-corrected chi connectivity index (χ0v) is 19.8. The lowest BCUT2D eigenvalue weighted by molar-refractivity contribution is -0.138. The van der Waals surface area contributed by atoms with E-state index in [0.717, 1.165) is 35.1 Å². The molecule has 3 N–H and O–H groups in total. The van der Waals surface area contributed by atoms with Crippen LogP contribution < -0.4 is 10.6 Å². The number of carbonyl (C=O) groups is 3.